The van der Waals surface area contributed by atoms with Crippen molar-refractivity contribution in [3.05, 3.63) is 179 Å². The molecular formula is C43H32N4. The van der Waals surface area contributed by atoms with Gasteiger partial charge in [0.1, 0.15) is 11.7 Å². The number of amidine groups is 2. The number of rotatable bonds is 5. The van der Waals surface area contributed by atoms with E-state index in [0.717, 1.165) is 39.5 Å². The summed E-state index contributed by atoms with van der Waals surface area (Å²) in [6, 6.07) is 52.9. The molecule has 4 nitrogen and oxygen atoms in total. The van der Waals surface area contributed by atoms with E-state index in [0.29, 0.717) is 5.56 Å². The molecule has 0 bridgehead atoms. The topological polar surface area (TPSA) is 60.5 Å². The molecule has 8 rings (SSSR count). The van der Waals surface area contributed by atoms with Crippen LogP contribution >= 0.6 is 0 Å². The average Bonchev–Trinajstić information content (AvgIpc) is 3.37. The van der Waals surface area contributed by atoms with Crippen molar-refractivity contribution >= 4 is 11.7 Å². The lowest BCUT2D eigenvalue weighted by molar-refractivity contribution is 0.660. The van der Waals surface area contributed by atoms with Crippen LogP contribution in [0.25, 0.3) is 33.4 Å². The summed E-state index contributed by atoms with van der Waals surface area (Å²) in [6.07, 6.45) is -0.316. The molecule has 1 heterocycles. The van der Waals surface area contributed by atoms with Gasteiger partial charge in [0.15, 0.2) is 6.17 Å². The molecule has 1 atom stereocenters. The molecule has 0 fully saturated rings. The lowest BCUT2D eigenvalue weighted by atomic mass is 9.81. The van der Waals surface area contributed by atoms with Crippen LogP contribution in [0.3, 0.4) is 0 Å². The maximum absolute atomic E-state index is 9.46. The molecule has 4 heteroatoms. The molecule has 0 spiro atoms. The fraction of sp³-hybridized carbons (Fsp3) is 0.0930. The molecule has 6 aromatic carbocycles. The molecule has 0 amide bonds. The van der Waals surface area contributed by atoms with Crippen molar-refractivity contribution in [1.82, 2.24) is 5.32 Å². The van der Waals surface area contributed by atoms with Gasteiger partial charge in [-0.15, -0.1) is 0 Å². The number of nitrogens with one attached hydrogen (secondary N) is 1. The maximum Gasteiger partial charge on any atom is 0.169 e. The first-order valence-electron chi connectivity index (χ1n) is 15.9. The molecule has 1 unspecified atom stereocenters. The fourth-order valence-electron chi connectivity index (χ4n) is 6.78. The Hall–Kier alpha value is -6.05. The molecule has 47 heavy (non-hydrogen) atoms. The molecule has 2 aliphatic rings. The van der Waals surface area contributed by atoms with E-state index in [9.17, 15) is 5.26 Å². The first-order valence-corrected chi connectivity index (χ1v) is 15.9. The first kappa shape index (κ1) is 28.4. The van der Waals surface area contributed by atoms with Crippen LogP contribution in [0.1, 0.15) is 53.4 Å². The molecule has 0 saturated heterocycles. The first-order chi connectivity index (χ1) is 23.0. The summed E-state index contributed by atoms with van der Waals surface area (Å²) >= 11 is 0. The molecular weight excluding hydrogens is 573 g/mol. The number of nitriles is 1. The molecule has 1 N–H and O–H groups in total. The summed E-state index contributed by atoms with van der Waals surface area (Å²) in [7, 11) is 0. The van der Waals surface area contributed by atoms with Crippen molar-refractivity contribution in [3.63, 3.8) is 0 Å². The normalized spacial score (nSPS) is 15.8. The van der Waals surface area contributed by atoms with Crippen molar-refractivity contribution in [2.24, 2.45) is 9.98 Å². The van der Waals surface area contributed by atoms with Gasteiger partial charge in [-0.1, -0.05) is 141 Å². The zero-order valence-electron chi connectivity index (χ0n) is 26.3. The van der Waals surface area contributed by atoms with E-state index < -0.39 is 0 Å². The molecule has 0 saturated carbocycles. The summed E-state index contributed by atoms with van der Waals surface area (Å²) in [5.41, 5.74) is 13.3. The number of hydrogen-bond acceptors (Lipinski definition) is 4. The van der Waals surface area contributed by atoms with E-state index >= 15 is 0 Å². The Bertz CT molecular complexity index is 2220. The van der Waals surface area contributed by atoms with Crippen molar-refractivity contribution < 1.29 is 0 Å². The monoisotopic (exact) mass is 604 g/mol. The van der Waals surface area contributed by atoms with Gasteiger partial charge in [0.05, 0.1) is 11.6 Å². The molecule has 0 radical (unpaired) electrons. The third kappa shape index (κ3) is 5.13. The average molecular weight is 605 g/mol. The zero-order chi connectivity index (χ0) is 32.0. The molecule has 0 aromatic heterocycles. The van der Waals surface area contributed by atoms with Crippen molar-refractivity contribution in [1.29, 1.82) is 5.26 Å². The van der Waals surface area contributed by atoms with Crippen molar-refractivity contribution in [2.75, 3.05) is 0 Å². The van der Waals surface area contributed by atoms with Crippen LogP contribution in [-0.2, 0) is 5.41 Å². The minimum Gasteiger partial charge on any atom is -0.324 e. The quantitative estimate of drug-likeness (QED) is 0.213. The van der Waals surface area contributed by atoms with Gasteiger partial charge >= 0.3 is 0 Å². The minimum absolute atomic E-state index is 0.165. The van der Waals surface area contributed by atoms with Crippen LogP contribution in [-0.4, -0.2) is 11.7 Å². The van der Waals surface area contributed by atoms with Crippen LogP contribution in [0.4, 0.5) is 0 Å². The maximum atomic E-state index is 9.46. The van der Waals surface area contributed by atoms with Gasteiger partial charge in [0.25, 0.3) is 0 Å². The summed E-state index contributed by atoms with van der Waals surface area (Å²) in [4.78, 5) is 9.95. The van der Waals surface area contributed by atoms with Crippen LogP contribution < -0.4 is 5.32 Å². The van der Waals surface area contributed by atoms with Crippen LogP contribution in [0.5, 0.6) is 0 Å². The number of fused-ring (bicyclic) bond motifs is 3. The van der Waals surface area contributed by atoms with E-state index in [-0.39, 0.29) is 11.6 Å². The Morgan fingerprint density at radius 2 is 1.00 bits per heavy atom. The van der Waals surface area contributed by atoms with Gasteiger partial charge in [0.2, 0.25) is 0 Å². The van der Waals surface area contributed by atoms with Gasteiger partial charge in [-0.2, -0.15) is 5.26 Å². The van der Waals surface area contributed by atoms with Crippen LogP contribution in [0.15, 0.2) is 156 Å². The highest BCUT2D eigenvalue weighted by molar-refractivity contribution is 6.16. The second-order valence-corrected chi connectivity index (χ2v) is 12.6. The summed E-state index contributed by atoms with van der Waals surface area (Å²) in [5.74, 6) is 1.62. The standard InChI is InChI=1S/C43H32N4/c1-43(2)38-25-28(27-44)13-23-36(38)37-24-22-35(26-39(37)43)31-16-14-29(15-17-31)30-18-20-34(21-19-30)42-46-40(32-9-5-3-6-10-32)45-41(47-42)33-11-7-4-8-12-33/h3-26,40H,1-2H3,(H,45,46,47). The van der Waals surface area contributed by atoms with Gasteiger partial charge < -0.3 is 5.32 Å². The predicted octanol–water partition coefficient (Wildman–Crippen LogP) is 9.69. The van der Waals surface area contributed by atoms with E-state index in [1.807, 2.05) is 48.5 Å². The van der Waals surface area contributed by atoms with Crippen LogP contribution in [0.2, 0.25) is 0 Å². The lowest BCUT2D eigenvalue weighted by Gasteiger charge is -2.22. The number of nitrogens with zero attached hydrogens (tertiary/aromatic N) is 3. The van der Waals surface area contributed by atoms with Crippen molar-refractivity contribution in [3.8, 4) is 39.4 Å². The minimum atomic E-state index is -0.316. The number of hydrogen-bond donors (Lipinski definition) is 1. The van der Waals surface area contributed by atoms with Gasteiger partial charge in [-0.05, 0) is 68.3 Å². The van der Waals surface area contributed by atoms with E-state index in [2.05, 4.69) is 122 Å². The summed E-state index contributed by atoms with van der Waals surface area (Å²) < 4.78 is 0. The second kappa shape index (κ2) is 11.4. The van der Waals surface area contributed by atoms with E-state index in [4.69, 9.17) is 9.98 Å². The van der Waals surface area contributed by atoms with E-state index in [1.165, 1.54) is 33.4 Å². The highest BCUT2D eigenvalue weighted by Crippen LogP contribution is 2.49. The molecule has 1 aliphatic carbocycles. The van der Waals surface area contributed by atoms with Crippen molar-refractivity contribution in [2.45, 2.75) is 25.4 Å². The Morgan fingerprint density at radius 3 is 1.60 bits per heavy atom. The Balaban J connectivity index is 1.05. The van der Waals surface area contributed by atoms with Crippen LogP contribution in [0, 0.1) is 11.3 Å². The zero-order valence-corrected chi connectivity index (χ0v) is 26.3. The van der Waals surface area contributed by atoms with Gasteiger partial charge in [-0.3, -0.25) is 0 Å². The highest BCUT2D eigenvalue weighted by Gasteiger charge is 2.35. The Kier molecular flexibility index (Phi) is 6.89. The fourth-order valence-corrected chi connectivity index (χ4v) is 6.78. The Labute approximate surface area is 275 Å². The molecule has 6 aromatic rings. The summed E-state index contributed by atoms with van der Waals surface area (Å²) in [6.45, 7) is 4.50. The SMILES string of the molecule is CC1(C)c2cc(C#N)ccc2-c2ccc(-c3ccc(-c4ccc(C5=NC(c6ccccc6)N=C(c6ccccc6)N5)cc4)cc3)cc21. The second-order valence-electron chi connectivity index (χ2n) is 12.6. The molecule has 224 valence electrons. The highest BCUT2D eigenvalue weighted by atomic mass is 15.2. The lowest BCUT2D eigenvalue weighted by Crippen LogP contribution is -2.36. The summed E-state index contributed by atoms with van der Waals surface area (Å²) in [5, 5.41) is 13.0. The third-order valence-corrected chi connectivity index (χ3v) is 9.40. The smallest absolute Gasteiger partial charge is 0.169 e. The molecule has 1 aliphatic heterocycles. The number of benzene rings is 6. The Morgan fingerprint density at radius 1 is 0.532 bits per heavy atom. The van der Waals surface area contributed by atoms with E-state index in [1.54, 1.807) is 0 Å². The predicted molar refractivity (Wildman–Crippen MR) is 191 cm³/mol. The number of aliphatic imine (C=N–C) groups is 2. The largest absolute Gasteiger partial charge is 0.324 e. The third-order valence-electron chi connectivity index (χ3n) is 9.40. The van der Waals surface area contributed by atoms with Gasteiger partial charge in [0, 0.05) is 16.5 Å². The van der Waals surface area contributed by atoms with Gasteiger partial charge in [-0.25, -0.2) is 9.98 Å².